The number of aliphatic hydroxyl groups is 1. The van der Waals surface area contributed by atoms with Crippen LogP contribution in [0.15, 0.2) is 12.4 Å². The average molecular weight is 211 g/mol. The van der Waals surface area contributed by atoms with Crippen molar-refractivity contribution in [3.05, 3.63) is 18.0 Å². The van der Waals surface area contributed by atoms with Crippen LogP contribution in [0.4, 0.5) is 0 Å². The van der Waals surface area contributed by atoms with E-state index in [1.807, 2.05) is 6.92 Å². The molecule has 1 heterocycles. The second kappa shape index (κ2) is 4.44. The first kappa shape index (κ1) is 11.7. The average Bonchev–Trinajstić information content (AvgIpc) is 2.65. The number of aryl methyl sites for hydroxylation is 1. The van der Waals surface area contributed by atoms with Gasteiger partial charge in [-0.2, -0.15) is 5.10 Å². The third-order valence-corrected chi connectivity index (χ3v) is 2.07. The second-order valence-electron chi connectivity index (χ2n) is 4.08. The zero-order valence-electron chi connectivity index (χ0n) is 9.32. The van der Waals surface area contributed by atoms with Crippen LogP contribution < -0.4 is 5.32 Å². The highest BCUT2D eigenvalue weighted by molar-refractivity contribution is 5.94. The lowest BCUT2D eigenvalue weighted by atomic mass is 10.1. The Hall–Kier alpha value is -1.36. The van der Waals surface area contributed by atoms with Crippen LogP contribution in [0, 0.1) is 0 Å². The SMILES string of the molecule is CCn1cc(C(=O)NC(C)(C)CO)cn1. The molecule has 5 nitrogen and oxygen atoms in total. The van der Waals surface area contributed by atoms with Crippen molar-refractivity contribution >= 4 is 5.91 Å². The molecule has 0 radical (unpaired) electrons. The molecule has 84 valence electrons. The standard InChI is InChI=1S/C10H17N3O2/c1-4-13-6-8(5-11-13)9(15)12-10(2,3)7-14/h5-6,14H,4,7H2,1-3H3,(H,12,15). The molecule has 0 aliphatic heterocycles. The van der Waals surface area contributed by atoms with E-state index < -0.39 is 5.54 Å². The molecule has 1 rings (SSSR count). The monoisotopic (exact) mass is 211 g/mol. The van der Waals surface area contributed by atoms with Gasteiger partial charge in [-0.15, -0.1) is 0 Å². The van der Waals surface area contributed by atoms with Crippen molar-refractivity contribution in [1.82, 2.24) is 15.1 Å². The summed E-state index contributed by atoms with van der Waals surface area (Å²) in [5, 5.41) is 15.7. The van der Waals surface area contributed by atoms with Gasteiger partial charge >= 0.3 is 0 Å². The Morgan fingerprint density at radius 2 is 2.33 bits per heavy atom. The Balaban J connectivity index is 2.69. The van der Waals surface area contributed by atoms with E-state index in [0.29, 0.717) is 5.56 Å². The van der Waals surface area contributed by atoms with Gasteiger partial charge in [0.2, 0.25) is 0 Å². The van der Waals surface area contributed by atoms with E-state index in [0.717, 1.165) is 6.54 Å². The molecule has 0 saturated carbocycles. The summed E-state index contributed by atoms with van der Waals surface area (Å²) in [6, 6.07) is 0. The quantitative estimate of drug-likeness (QED) is 0.757. The molecule has 0 aromatic carbocycles. The molecule has 0 aliphatic carbocycles. The van der Waals surface area contributed by atoms with Crippen LogP contribution in [0.3, 0.4) is 0 Å². The highest BCUT2D eigenvalue weighted by Gasteiger charge is 2.20. The highest BCUT2D eigenvalue weighted by atomic mass is 16.3. The van der Waals surface area contributed by atoms with Crippen molar-refractivity contribution in [3.8, 4) is 0 Å². The molecular formula is C10H17N3O2. The topological polar surface area (TPSA) is 67.2 Å². The molecule has 0 aliphatic rings. The number of carbonyl (C=O) groups excluding carboxylic acids is 1. The Morgan fingerprint density at radius 1 is 1.67 bits per heavy atom. The number of aliphatic hydroxyl groups excluding tert-OH is 1. The lowest BCUT2D eigenvalue weighted by Crippen LogP contribution is -2.46. The van der Waals surface area contributed by atoms with Crippen LogP contribution in [0.1, 0.15) is 31.1 Å². The number of hydrogen-bond donors (Lipinski definition) is 2. The first-order chi connectivity index (χ1) is 6.98. The molecule has 1 aromatic heterocycles. The van der Waals surface area contributed by atoms with Gasteiger partial charge in [-0.25, -0.2) is 0 Å². The van der Waals surface area contributed by atoms with Crippen molar-refractivity contribution in [3.63, 3.8) is 0 Å². The zero-order chi connectivity index (χ0) is 11.5. The summed E-state index contributed by atoms with van der Waals surface area (Å²) in [5.74, 6) is -0.214. The second-order valence-corrected chi connectivity index (χ2v) is 4.08. The summed E-state index contributed by atoms with van der Waals surface area (Å²) in [6.07, 6.45) is 3.20. The van der Waals surface area contributed by atoms with Gasteiger partial charge < -0.3 is 10.4 Å². The van der Waals surface area contributed by atoms with Crippen LogP contribution in [0.25, 0.3) is 0 Å². The first-order valence-corrected chi connectivity index (χ1v) is 4.94. The minimum absolute atomic E-state index is 0.0966. The van der Waals surface area contributed by atoms with E-state index in [9.17, 15) is 4.79 Å². The Kier molecular flexibility index (Phi) is 3.47. The lowest BCUT2D eigenvalue weighted by molar-refractivity contribution is 0.0869. The fourth-order valence-electron chi connectivity index (χ4n) is 1.07. The van der Waals surface area contributed by atoms with Crippen LogP contribution in [-0.4, -0.2) is 32.9 Å². The number of nitrogens with zero attached hydrogens (tertiary/aromatic N) is 2. The van der Waals surface area contributed by atoms with E-state index in [4.69, 9.17) is 5.11 Å². The fourth-order valence-corrected chi connectivity index (χ4v) is 1.07. The van der Waals surface area contributed by atoms with E-state index in [1.54, 1.807) is 24.7 Å². The van der Waals surface area contributed by atoms with Crippen molar-refractivity contribution < 1.29 is 9.90 Å². The minimum Gasteiger partial charge on any atom is -0.394 e. The lowest BCUT2D eigenvalue weighted by Gasteiger charge is -2.22. The molecule has 5 heteroatoms. The maximum Gasteiger partial charge on any atom is 0.254 e. The third-order valence-electron chi connectivity index (χ3n) is 2.07. The van der Waals surface area contributed by atoms with Gasteiger partial charge in [-0.3, -0.25) is 9.48 Å². The molecule has 0 bridgehead atoms. The van der Waals surface area contributed by atoms with Gasteiger partial charge in [-0.05, 0) is 20.8 Å². The van der Waals surface area contributed by atoms with Crippen molar-refractivity contribution in [2.24, 2.45) is 0 Å². The Bertz CT molecular complexity index is 344. The summed E-state index contributed by atoms with van der Waals surface area (Å²) in [4.78, 5) is 11.7. The Morgan fingerprint density at radius 3 is 2.80 bits per heavy atom. The van der Waals surface area contributed by atoms with Crippen LogP contribution >= 0.6 is 0 Å². The molecule has 0 spiro atoms. The van der Waals surface area contributed by atoms with E-state index >= 15 is 0 Å². The predicted molar refractivity (Wildman–Crippen MR) is 56.5 cm³/mol. The largest absolute Gasteiger partial charge is 0.394 e. The highest BCUT2D eigenvalue weighted by Crippen LogP contribution is 2.04. The van der Waals surface area contributed by atoms with Gasteiger partial charge in [0.15, 0.2) is 0 Å². The van der Waals surface area contributed by atoms with E-state index in [-0.39, 0.29) is 12.5 Å². The van der Waals surface area contributed by atoms with Gasteiger partial charge in [0, 0.05) is 12.7 Å². The number of hydrogen-bond acceptors (Lipinski definition) is 3. The molecular weight excluding hydrogens is 194 g/mol. The van der Waals surface area contributed by atoms with Gasteiger partial charge in [-0.1, -0.05) is 0 Å². The molecule has 1 amide bonds. The predicted octanol–water partition coefficient (Wildman–Crippen LogP) is 0.404. The molecule has 0 saturated heterocycles. The fraction of sp³-hybridized carbons (Fsp3) is 0.600. The molecule has 0 unspecified atom stereocenters. The summed E-state index contributed by atoms with van der Waals surface area (Å²) in [5.41, 5.74) is -0.0934. The third kappa shape index (κ3) is 3.06. The maximum absolute atomic E-state index is 11.7. The number of aromatic nitrogens is 2. The molecule has 15 heavy (non-hydrogen) atoms. The van der Waals surface area contributed by atoms with Crippen molar-refractivity contribution in [2.75, 3.05) is 6.61 Å². The van der Waals surface area contributed by atoms with E-state index in [2.05, 4.69) is 10.4 Å². The molecule has 1 aromatic rings. The van der Waals surface area contributed by atoms with Crippen molar-refractivity contribution in [2.45, 2.75) is 32.9 Å². The minimum atomic E-state index is -0.606. The molecule has 2 N–H and O–H groups in total. The molecule has 0 fully saturated rings. The Labute approximate surface area is 89.1 Å². The van der Waals surface area contributed by atoms with Crippen molar-refractivity contribution in [1.29, 1.82) is 0 Å². The summed E-state index contributed by atoms with van der Waals surface area (Å²) in [6.45, 7) is 6.11. The van der Waals surface area contributed by atoms with Crippen LogP contribution in [-0.2, 0) is 6.54 Å². The summed E-state index contributed by atoms with van der Waals surface area (Å²) >= 11 is 0. The molecule has 0 atom stereocenters. The van der Waals surface area contributed by atoms with Gasteiger partial charge in [0.05, 0.1) is 23.9 Å². The number of amides is 1. The summed E-state index contributed by atoms with van der Waals surface area (Å²) < 4.78 is 1.68. The number of nitrogens with one attached hydrogen (secondary N) is 1. The van der Waals surface area contributed by atoms with E-state index in [1.165, 1.54) is 6.20 Å². The smallest absolute Gasteiger partial charge is 0.254 e. The first-order valence-electron chi connectivity index (χ1n) is 4.94. The zero-order valence-corrected chi connectivity index (χ0v) is 9.32. The van der Waals surface area contributed by atoms with Gasteiger partial charge in [0.1, 0.15) is 0 Å². The van der Waals surface area contributed by atoms with Crippen LogP contribution in [0.5, 0.6) is 0 Å². The number of carbonyl (C=O) groups is 1. The normalized spacial score (nSPS) is 11.5. The maximum atomic E-state index is 11.7. The van der Waals surface area contributed by atoms with Crippen LogP contribution in [0.2, 0.25) is 0 Å². The van der Waals surface area contributed by atoms with Gasteiger partial charge in [0.25, 0.3) is 5.91 Å². The summed E-state index contributed by atoms with van der Waals surface area (Å²) in [7, 11) is 0. The number of rotatable bonds is 4.